The van der Waals surface area contributed by atoms with Gasteiger partial charge >= 0.3 is 6.03 Å². The summed E-state index contributed by atoms with van der Waals surface area (Å²) >= 11 is 0. The van der Waals surface area contributed by atoms with Crippen molar-refractivity contribution >= 4 is 40.5 Å². The number of nitriles is 1. The highest BCUT2D eigenvalue weighted by atomic mass is 16.5. The molecule has 9 nitrogen and oxygen atoms in total. The zero-order valence-corrected chi connectivity index (χ0v) is 17.3. The molecule has 0 aliphatic carbocycles. The molecule has 0 atom stereocenters. The molecule has 2 aromatic carbocycles. The molecule has 1 aromatic heterocycles. The molecule has 0 saturated carbocycles. The van der Waals surface area contributed by atoms with Crippen LogP contribution in [-0.2, 0) is 16.1 Å². The first-order chi connectivity index (χ1) is 15.5. The minimum Gasteiger partial charge on any atom is -0.497 e. The number of anilines is 1. The molecule has 0 radical (unpaired) electrons. The van der Waals surface area contributed by atoms with Gasteiger partial charge in [0.2, 0.25) is 0 Å². The normalized spacial score (nSPS) is 15.1. The van der Waals surface area contributed by atoms with Gasteiger partial charge in [0.15, 0.2) is 0 Å². The predicted molar refractivity (Wildman–Crippen MR) is 116 cm³/mol. The third-order valence-corrected chi connectivity index (χ3v) is 5.09. The first-order valence-corrected chi connectivity index (χ1v) is 9.56. The van der Waals surface area contributed by atoms with Gasteiger partial charge in [-0.05, 0) is 24.3 Å². The second-order valence-electron chi connectivity index (χ2n) is 6.88. The largest absolute Gasteiger partial charge is 0.497 e. The van der Waals surface area contributed by atoms with Crippen LogP contribution in [0.15, 0.2) is 54.2 Å². The maximum atomic E-state index is 13.3. The lowest BCUT2D eigenvalue weighted by molar-refractivity contribution is -0.122. The Bertz CT molecular complexity index is 1330. The second kappa shape index (κ2) is 8.28. The summed E-state index contributed by atoms with van der Waals surface area (Å²) in [5.41, 5.74) is 1.31. The van der Waals surface area contributed by atoms with E-state index in [1.165, 1.54) is 32.4 Å². The number of amides is 4. The van der Waals surface area contributed by atoms with Crippen molar-refractivity contribution in [3.8, 4) is 17.6 Å². The van der Waals surface area contributed by atoms with E-state index in [-0.39, 0.29) is 23.6 Å². The Morgan fingerprint density at radius 3 is 2.59 bits per heavy atom. The lowest BCUT2D eigenvalue weighted by Gasteiger charge is -2.27. The number of aromatic nitrogens is 1. The summed E-state index contributed by atoms with van der Waals surface area (Å²) in [6.07, 6.45) is 3.11. The molecule has 0 bridgehead atoms. The van der Waals surface area contributed by atoms with E-state index >= 15 is 0 Å². The maximum Gasteiger partial charge on any atom is 0.336 e. The Morgan fingerprint density at radius 2 is 1.88 bits per heavy atom. The van der Waals surface area contributed by atoms with Crippen LogP contribution in [0.25, 0.3) is 17.0 Å². The number of para-hydroxylation sites is 1. The van der Waals surface area contributed by atoms with Gasteiger partial charge in [-0.15, -0.1) is 0 Å². The fraction of sp³-hybridized carbons (Fsp3) is 0.130. The lowest BCUT2D eigenvalue weighted by atomic mass is 10.1. The van der Waals surface area contributed by atoms with E-state index in [2.05, 4.69) is 11.4 Å². The first kappa shape index (κ1) is 20.7. The van der Waals surface area contributed by atoms with Crippen molar-refractivity contribution in [3.05, 3.63) is 59.8 Å². The lowest BCUT2D eigenvalue weighted by Crippen LogP contribution is -2.54. The van der Waals surface area contributed by atoms with Gasteiger partial charge in [0.1, 0.15) is 23.6 Å². The number of fused-ring (bicyclic) bond motifs is 1. The third-order valence-electron chi connectivity index (χ3n) is 5.09. The Morgan fingerprint density at radius 1 is 1.09 bits per heavy atom. The topological polar surface area (TPSA) is 114 Å². The number of rotatable bonds is 5. The number of nitrogens with one attached hydrogen (secondary N) is 1. The van der Waals surface area contributed by atoms with Crippen LogP contribution in [0.1, 0.15) is 5.56 Å². The molecule has 32 heavy (non-hydrogen) atoms. The number of urea groups is 1. The summed E-state index contributed by atoms with van der Waals surface area (Å²) in [5.74, 6) is -0.889. The smallest absolute Gasteiger partial charge is 0.336 e. The van der Waals surface area contributed by atoms with Crippen LogP contribution >= 0.6 is 0 Å². The summed E-state index contributed by atoms with van der Waals surface area (Å²) < 4.78 is 12.2. The zero-order chi connectivity index (χ0) is 22.8. The summed E-state index contributed by atoms with van der Waals surface area (Å²) in [7, 11) is 2.88. The Labute approximate surface area is 183 Å². The Hall–Kier alpha value is -4.58. The average molecular weight is 430 g/mol. The van der Waals surface area contributed by atoms with Crippen molar-refractivity contribution in [2.75, 3.05) is 19.1 Å². The molecule has 1 saturated heterocycles. The van der Waals surface area contributed by atoms with Crippen molar-refractivity contribution in [1.82, 2.24) is 9.88 Å². The summed E-state index contributed by atoms with van der Waals surface area (Å²) in [6, 6.07) is 13.1. The SMILES string of the molecule is COc1ccc(N2C(=O)NC(=O)/C(=C\c3cn(CC#N)c4ccccc34)C2=O)c(OC)c1. The molecule has 4 amide bonds. The Balaban J connectivity index is 1.82. The highest BCUT2D eigenvalue weighted by molar-refractivity contribution is 6.39. The number of carbonyl (C=O) groups excluding carboxylic acids is 3. The number of barbiturate groups is 1. The molecule has 1 fully saturated rings. The molecule has 1 aliphatic rings. The van der Waals surface area contributed by atoms with Crippen molar-refractivity contribution in [1.29, 1.82) is 5.26 Å². The number of ether oxygens (including phenoxy) is 2. The highest BCUT2D eigenvalue weighted by Gasteiger charge is 2.38. The van der Waals surface area contributed by atoms with Crippen LogP contribution < -0.4 is 19.7 Å². The van der Waals surface area contributed by atoms with Crippen molar-refractivity contribution in [3.63, 3.8) is 0 Å². The molecule has 1 N–H and O–H groups in total. The van der Waals surface area contributed by atoms with Crippen molar-refractivity contribution in [2.45, 2.75) is 6.54 Å². The number of hydrogen-bond acceptors (Lipinski definition) is 6. The molecule has 2 heterocycles. The van der Waals surface area contributed by atoms with Crippen LogP contribution in [0.5, 0.6) is 11.5 Å². The molecule has 1 aliphatic heterocycles. The van der Waals surface area contributed by atoms with E-state index < -0.39 is 17.8 Å². The van der Waals surface area contributed by atoms with Crippen molar-refractivity contribution in [2.24, 2.45) is 0 Å². The number of methoxy groups -OCH3 is 2. The molecular weight excluding hydrogens is 412 g/mol. The maximum absolute atomic E-state index is 13.3. The number of benzene rings is 2. The van der Waals surface area contributed by atoms with Gasteiger partial charge in [0.05, 0.1) is 26.0 Å². The van der Waals surface area contributed by atoms with Gasteiger partial charge in [0.25, 0.3) is 11.8 Å². The highest BCUT2D eigenvalue weighted by Crippen LogP contribution is 2.34. The molecule has 3 aromatic rings. The van der Waals surface area contributed by atoms with E-state index in [4.69, 9.17) is 14.7 Å². The number of nitrogens with zero attached hydrogens (tertiary/aromatic N) is 3. The summed E-state index contributed by atoms with van der Waals surface area (Å²) in [4.78, 5) is 39.2. The van der Waals surface area contributed by atoms with E-state index in [9.17, 15) is 14.4 Å². The minimum absolute atomic E-state index is 0.109. The Kier molecular flexibility index (Phi) is 5.35. The molecule has 160 valence electrons. The molecule has 4 rings (SSSR count). The minimum atomic E-state index is -0.882. The first-order valence-electron chi connectivity index (χ1n) is 9.56. The van der Waals surface area contributed by atoms with Crippen LogP contribution in [0.4, 0.5) is 10.5 Å². The monoisotopic (exact) mass is 430 g/mol. The van der Waals surface area contributed by atoms with E-state index in [1.54, 1.807) is 16.8 Å². The molecule has 0 spiro atoms. The standard InChI is InChI=1S/C23H18N4O5/c1-31-15-7-8-19(20(12-15)32-2)27-22(29)17(21(28)25-23(27)30)11-14-13-26(10-9-24)18-6-4-3-5-16(14)18/h3-8,11-13H,10H2,1-2H3,(H,25,28,30)/b17-11+. The van der Waals surface area contributed by atoms with Crippen LogP contribution in [-0.4, -0.2) is 36.6 Å². The molecule has 9 heteroatoms. The van der Waals surface area contributed by atoms with E-state index in [0.717, 1.165) is 15.8 Å². The zero-order valence-electron chi connectivity index (χ0n) is 17.3. The van der Waals surface area contributed by atoms with Crippen LogP contribution in [0.3, 0.4) is 0 Å². The quantitative estimate of drug-likeness (QED) is 0.492. The van der Waals surface area contributed by atoms with Gasteiger partial charge < -0.3 is 14.0 Å². The predicted octanol–water partition coefficient (Wildman–Crippen LogP) is 2.85. The van der Waals surface area contributed by atoms with Crippen molar-refractivity contribution < 1.29 is 23.9 Å². The van der Waals surface area contributed by atoms with Gasteiger partial charge in [0, 0.05) is 28.7 Å². The molecule has 0 unspecified atom stereocenters. The van der Waals surface area contributed by atoms with E-state index in [0.29, 0.717) is 11.3 Å². The average Bonchev–Trinajstić information content (AvgIpc) is 3.14. The summed E-state index contributed by atoms with van der Waals surface area (Å²) in [6.45, 7) is 0.109. The van der Waals surface area contributed by atoms with Crippen LogP contribution in [0, 0.1) is 11.3 Å². The van der Waals surface area contributed by atoms with Gasteiger partial charge in [-0.3, -0.25) is 14.9 Å². The summed E-state index contributed by atoms with van der Waals surface area (Å²) in [5, 5.41) is 12.1. The van der Waals surface area contributed by atoms with Gasteiger partial charge in [-0.1, -0.05) is 18.2 Å². The third kappa shape index (κ3) is 3.44. The molecular formula is C23H18N4O5. The fourth-order valence-corrected chi connectivity index (χ4v) is 3.60. The number of hydrogen-bond donors (Lipinski definition) is 1. The second-order valence-corrected chi connectivity index (χ2v) is 6.88. The number of carbonyl (C=O) groups is 3. The van der Waals surface area contributed by atoms with Gasteiger partial charge in [-0.25, -0.2) is 9.69 Å². The van der Waals surface area contributed by atoms with Crippen LogP contribution in [0.2, 0.25) is 0 Å². The van der Waals surface area contributed by atoms with E-state index in [1.807, 2.05) is 24.3 Å². The fourth-order valence-electron chi connectivity index (χ4n) is 3.60. The van der Waals surface area contributed by atoms with Gasteiger partial charge in [-0.2, -0.15) is 5.26 Å². The number of imide groups is 2.